The number of rotatable bonds is 5. The van der Waals surface area contributed by atoms with Gasteiger partial charge in [-0.2, -0.15) is 0 Å². The molecule has 0 fully saturated rings. The van der Waals surface area contributed by atoms with Gasteiger partial charge in [0.2, 0.25) is 5.91 Å². The minimum Gasteiger partial charge on any atom is -0.465 e. The van der Waals surface area contributed by atoms with E-state index < -0.39 is 5.97 Å². The summed E-state index contributed by atoms with van der Waals surface area (Å²) in [5, 5.41) is 2.74. The zero-order valence-corrected chi connectivity index (χ0v) is 11.5. The number of anilines is 1. The van der Waals surface area contributed by atoms with Crippen molar-refractivity contribution in [3.8, 4) is 0 Å². The molecule has 0 heterocycles. The Morgan fingerprint density at radius 2 is 1.84 bits per heavy atom. The van der Waals surface area contributed by atoms with E-state index in [2.05, 4.69) is 10.1 Å². The fourth-order valence-corrected chi connectivity index (χ4v) is 1.47. The zero-order chi connectivity index (χ0) is 14.4. The van der Waals surface area contributed by atoms with Crippen molar-refractivity contribution in [2.45, 2.75) is 26.3 Å². The maximum atomic E-state index is 11.7. The van der Waals surface area contributed by atoms with Gasteiger partial charge < -0.3 is 15.8 Å². The summed E-state index contributed by atoms with van der Waals surface area (Å²) in [6.45, 7) is 3.95. The fourth-order valence-electron chi connectivity index (χ4n) is 1.47. The number of nitrogens with one attached hydrogen (secondary N) is 1. The van der Waals surface area contributed by atoms with Gasteiger partial charge in [0.15, 0.2) is 0 Å². The van der Waals surface area contributed by atoms with Crippen LogP contribution in [0.4, 0.5) is 5.69 Å². The third kappa shape index (κ3) is 4.71. The van der Waals surface area contributed by atoms with Crippen molar-refractivity contribution in [1.82, 2.24) is 0 Å². The van der Waals surface area contributed by atoms with Crippen LogP contribution in [0.25, 0.3) is 0 Å². The van der Waals surface area contributed by atoms with E-state index >= 15 is 0 Å². The molecule has 0 aliphatic carbocycles. The summed E-state index contributed by atoms with van der Waals surface area (Å²) in [6.07, 6.45) is 0.274. The third-order valence-corrected chi connectivity index (χ3v) is 2.87. The van der Waals surface area contributed by atoms with Gasteiger partial charge in [-0.3, -0.25) is 4.79 Å². The summed E-state index contributed by atoms with van der Waals surface area (Å²) in [5.41, 5.74) is 6.91. The molecule has 0 aromatic heterocycles. The summed E-state index contributed by atoms with van der Waals surface area (Å²) >= 11 is 0. The lowest BCUT2D eigenvalue weighted by Gasteiger charge is -2.15. The van der Waals surface area contributed by atoms with Crippen LogP contribution in [0.5, 0.6) is 0 Å². The number of hydrogen-bond acceptors (Lipinski definition) is 4. The number of methoxy groups -OCH3 is 1. The van der Waals surface area contributed by atoms with Crippen molar-refractivity contribution in [3.05, 3.63) is 29.8 Å². The van der Waals surface area contributed by atoms with Gasteiger partial charge >= 0.3 is 5.97 Å². The predicted octanol–water partition coefficient (Wildman–Crippen LogP) is 1.79. The topological polar surface area (TPSA) is 81.4 Å². The SMILES string of the molecule is COC(=O)c1ccc(NC(=O)CC(N)C(C)C)cc1. The standard InChI is InChI=1S/C14H20N2O3/c1-9(2)12(15)8-13(17)16-11-6-4-10(5-7-11)14(18)19-3/h4-7,9,12H,8,15H2,1-3H3,(H,16,17). The number of amides is 1. The van der Waals surface area contributed by atoms with Crippen LogP contribution in [0.15, 0.2) is 24.3 Å². The summed E-state index contributed by atoms with van der Waals surface area (Å²) in [7, 11) is 1.32. The highest BCUT2D eigenvalue weighted by molar-refractivity contribution is 5.93. The van der Waals surface area contributed by atoms with E-state index in [4.69, 9.17) is 5.73 Å². The molecule has 0 aliphatic rings. The Bertz CT molecular complexity index is 441. The quantitative estimate of drug-likeness (QED) is 0.794. The molecule has 104 valence electrons. The number of esters is 1. The number of hydrogen-bond donors (Lipinski definition) is 2. The molecule has 1 amide bonds. The third-order valence-electron chi connectivity index (χ3n) is 2.87. The van der Waals surface area contributed by atoms with Crippen molar-refractivity contribution < 1.29 is 14.3 Å². The van der Waals surface area contributed by atoms with Crippen LogP contribution >= 0.6 is 0 Å². The van der Waals surface area contributed by atoms with Crippen LogP contribution in [-0.4, -0.2) is 25.0 Å². The maximum Gasteiger partial charge on any atom is 0.337 e. The maximum absolute atomic E-state index is 11.7. The molecule has 3 N–H and O–H groups in total. The first-order chi connectivity index (χ1) is 8.93. The van der Waals surface area contributed by atoms with Crippen molar-refractivity contribution in [2.24, 2.45) is 11.7 Å². The molecule has 0 spiro atoms. The second-order valence-corrected chi connectivity index (χ2v) is 4.73. The zero-order valence-electron chi connectivity index (χ0n) is 11.5. The average Bonchev–Trinajstić information content (AvgIpc) is 2.38. The highest BCUT2D eigenvalue weighted by Crippen LogP contribution is 2.12. The number of nitrogens with two attached hydrogens (primary N) is 1. The van der Waals surface area contributed by atoms with E-state index in [1.54, 1.807) is 24.3 Å². The molecule has 0 aliphatic heterocycles. The highest BCUT2D eigenvalue weighted by atomic mass is 16.5. The molecule has 19 heavy (non-hydrogen) atoms. The lowest BCUT2D eigenvalue weighted by atomic mass is 10.0. The molecule has 0 bridgehead atoms. The summed E-state index contributed by atoms with van der Waals surface area (Å²) in [6, 6.07) is 6.36. The summed E-state index contributed by atoms with van der Waals surface area (Å²) in [5.74, 6) is -0.279. The lowest BCUT2D eigenvalue weighted by molar-refractivity contribution is -0.116. The fraction of sp³-hybridized carbons (Fsp3) is 0.429. The van der Waals surface area contributed by atoms with E-state index in [0.29, 0.717) is 11.3 Å². The van der Waals surface area contributed by atoms with Gasteiger partial charge in [0.1, 0.15) is 0 Å². The van der Waals surface area contributed by atoms with Crippen molar-refractivity contribution in [2.75, 3.05) is 12.4 Å². The molecule has 1 unspecified atom stereocenters. The van der Waals surface area contributed by atoms with E-state index in [1.807, 2.05) is 13.8 Å². The van der Waals surface area contributed by atoms with E-state index in [0.717, 1.165) is 0 Å². The van der Waals surface area contributed by atoms with Crippen LogP contribution < -0.4 is 11.1 Å². The Kier molecular flexibility index (Phi) is 5.51. The van der Waals surface area contributed by atoms with Crippen molar-refractivity contribution >= 4 is 17.6 Å². The monoisotopic (exact) mass is 264 g/mol. The average molecular weight is 264 g/mol. The second-order valence-electron chi connectivity index (χ2n) is 4.73. The van der Waals surface area contributed by atoms with E-state index in [-0.39, 0.29) is 24.3 Å². The Balaban J connectivity index is 2.58. The predicted molar refractivity (Wildman–Crippen MR) is 73.8 cm³/mol. The van der Waals surface area contributed by atoms with E-state index in [9.17, 15) is 9.59 Å². The molecule has 1 aromatic rings. The number of carbonyl (C=O) groups is 2. The van der Waals surface area contributed by atoms with Gasteiger partial charge in [-0.25, -0.2) is 4.79 Å². The van der Waals surface area contributed by atoms with Gasteiger partial charge in [-0.1, -0.05) is 13.8 Å². The van der Waals surface area contributed by atoms with Gasteiger partial charge in [0, 0.05) is 18.2 Å². The molecular formula is C14H20N2O3. The van der Waals surface area contributed by atoms with Gasteiger partial charge in [-0.05, 0) is 30.2 Å². The minimum atomic E-state index is -0.403. The smallest absolute Gasteiger partial charge is 0.337 e. The molecule has 0 saturated heterocycles. The molecule has 0 radical (unpaired) electrons. The number of ether oxygens (including phenoxy) is 1. The normalized spacial score (nSPS) is 12.1. The minimum absolute atomic E-state index is 0.132. The Morgan fingerprint density at radius 3 is 2.32 bits per heavy atom. The highest BCUT2D eigenvalue weighted by Gasteiger charge is 2.13. The Morgan fingerprint density at radius 1 is 1.26 bits per heavy atom. The van der Waals surface area contributed by atoms with Crippen molar-refractivity contribution in [3.63, 3.8) is 0 Å². The number of carbonyl (C=O) groups excluding carboxylic acids is 2. The van der Waals surface area contributed by atoms with Crippen LogP contribution in [0.1, 0.15) is 30.6 Å². The largest absolute Gasteiger partial charge is 0.465 e. The molecule has 0 saturated carbocycles. The van der Waals surface area contributed by atoms with Crippen LogP contribution in [0.3, 0.4) is 0 Å². The first kappa shape index (κ1) is 15.2. The second kappa shape index (κ2) is 6.89. The molecule has 5 nitrogen and oxygen atoms in total. The lowest BCUT2D eigenvalue weighted by Crippen LogP contribution is -2.31. The first-order valence-electron chi connectivity index (χ1n) is 6.18. The Hall–Kier alpha value is -1.88. The van der Waals surface area contributed by atoms with Crippen LogP contribution in [0.2, 0.25) is 0 Å². The first-order valence-corrected chi connectivity index (χ1v) is 6.18. The van der Waals surface area contributed by atoms with Crippen LogP contribution in [0, 0.1) is 5.92 Å². The van der Waals surface area contributed by atoms with Crippen molar-refractivity contribution in [1.29, 1.82) is 0 Å². The van der Waals surface area contributed by atoms with E-state index in [1.165, 1.54) is 7.11 Å². The molecule has 1 atom stereocenters. The molecule has 1 aromatic carbocycles. The molecule has 1 rings (SSSR count). The van der Waals surface area contributed by atoms with Gasteiger partial charge in [0.25, 0.3) is 0 Å². The van der Waals surface area contributed by atoms with Gasteiger partial charge in [0.05, 0.1) is 12.7 Å². The molecule has 5 heteroatoms. The summed E-state index contributed by atoms with van der Waals surface area (Å²) < 4.78 is 4.59. The Labute approximate surface area is 113 Å². The summed E-state index contributed by atoms with van der Waals surface area (Å²) in [4.78, 5) is 23.0. The van der Waals surface area contributed by atoms with Crippen LogP contribution in [-0.2, 0) is 9.53 Å². The number of benzene rings is 1. The van der Waals surface area contributed by atoms with Gasteiger partial charge in [-0.15, -0.1) is 0 Å². The molecular weight excluding hydrogens is 244 g/mol.